The second-order valence-corrected chi connectivity index (χ2v) is 23.6. The lowest BCUT2D eigenvalue weighted by atomic mass is 10.1. The molecule has 0 spiro atoms. The molecule has 27 nitrogen and oxygen atoms in total. The summed E-state index contributed by atoms with van der Waals surface area (Å²) in [6.07, 6.45) is 7.78. The van der Waals surface area contributed by atoms with E-state index in [0.29, 0.717) is 212 Å². The van der Waals surface area contributed by atoms with Gasteiger partial charge in [0.2, 0.25) is 17.3 Å². The minimum atomic E-state index is -0.650. The summed E-state index contributed by atoms with van der Waals surface area (Å²) in [6, 6.07) is 24.7. The number of nitrogens with one attached hydrogen (secondary N) is 6. The number of hydrogen-bond donors (Lipinski definition) is 6. The summed E-state index contributed by atoms with van der Waals surface area (Å²) in [5.74, 6) is -3.69. The lowest BCUT2D eigenvalue weighted by molar-refractivity contribution is -0.117. The van der Waals surface area contributed by atoms with Crippen molar-refractivity contribution in [1.29, 1.82) is 0 Å². The zero-order chi connectivity index (χ0) is 66.2. The summed E-state index contributed by atoms with van der Waals surface area (Å²) < 4.78 is 3.48. The average Bonchev–Trinajstić information content (AvgIpc) is 0.895. The van der Waals surface area contributed by atoms with Gasteiger partial charge in [-0.1, -0.05) is 130 Å². The Balaban J connectivity index is 0.793. The van der Waals surface area contributed by atoms with Crippen LogP contribution >= 0.6 is 0 Å². The fraction of sp³-hybridized carbons (Fsp3) is 0.545. The maximum absolute atomic E-state index is 13.9. The zero-order valence-electron chi connectivity index (χ0n) is 53.5. The number of Topliss-reactive ketones (excluding diaryl/α,β-unsaturated/α-hetero) is 3. The van der Waals surface area contributed by atoms with E-state index in [0.717, 1.165) is 33.0 Å². The van der Waals surface area contributed by atoms with E-state index in [9.17, 15) is 57.5 Å². The summed E-state index contributed by atoms with van der Waals surface area (Å²) in [6.45, 7) is 11.1. The number of nitrogens with zero attached hydrogens (tertiary/aromatic N) is 9. The number of unbranched alkanes of at least 4 members (excludes halogenated alkanes) is 9. The molecule has 504 valence electrons. The first kappa shape index (κ1) is 71.6. The highest BCUT2D eigenvalue weighted by Crippen LogP contribution is 2.09. The van der Waals surface area contributed by atoms with Gasteiger partial charge in [-0.15, -0.1) is 0 Å². The molecule has 4 heterocycles. The number of carbonyl (C=O) groups excluding carboxylic acids is 9. The molecule has 0 bridgehead atoms. The van der Waals surface area contributed by atoms with Crippen molar-refractivity contribution in [3.63, 3.8) is 0 Å². The van der Waals surface area contributed by atoms with Crippen LogP contribution in [0, 0.1) is 0 Å². The van der Waals surface area contributed by atoms with E-state index < -0.39 is 52.1 Å². The van der Waals surface area contributed by atoms with Gasteiger partial charge in [0.05, 0.1) is 0 Å². The molecule has 3 aromatic carbocycles. The molecule has 0 saturated carbocycles. The summed E-state index contributed by atoms with van der Waals surface area (Å²) in [5.41, 5.74) is -0.941. The highest BCUT2D eigenvalue weighted by atomic mass is 16.2. The molecule has 3 aliphatic rings. The molecular formula is C66H93N15O12. The molecule has 4 aromatic rings. The van der Waals surface area contributed by atoms with Crippen LogP contribution in [0.15, 0.2) is 105 Å². The third-order valence-electron chi connectivity index (χ3n) is 17.0. The molecule has 93 heavy (non-hydrogen) atoms. The first-order valence-corrected chi connectivity index (χ1v) is 33.0. The normalized spacial score (nSPS) is 14.6. The predicted octanol–water partition coefficient (Wildman–Crippen LogP) is 1.83. The van der Waals surface area contributed by atoms with Crippen molar-refractivity contribution >= 4 is 53.2 Å². The van der Waals surface area contributed by atoms with Crippen LogP contribution in [0.3, 0.4) is 0 Å². The second-order valence-electron chi connectivity index (χ2n) is 23.6. The Morgan fingerprint density at radius 3 is 0.753 bits per heavy atom. The van der Waals surface area contributed by atoms with Gasteiger partial charge in [0.25, 0.3) is 17.7 Å². The lowest BCUT2D eigenvalue weighted by Gasteiger charge is -2.34. The van der Waals surface area contributed by atoms with E-state index >= 15 is 0 Å². The van der Waals surface area contributed by atoms with Gasteiger partial charge in [-0.3, -0.25) is 43.5 Å². The van der Waals surface area contributed by atoms with Gasteiger partial charge < -0.3 is 46.6 Å². The minimum absolute atomic E-state index is 0.121. The fourth-order valence-corrected chi connectivity index (χ4v) is 11.3. The number of ketones is 3. The number of piperazine rings is 3. The van der Waals surface area contributed by atoms with Gasteiger partial charge in [-0.2, -0.15) is 0 Å². The van der Waals surface area contributed by atoms with Crippen LogP contribution in [-0.2, 0) is 34.0 Å². The number of carbonyl (C=O) groups is 9. The first-order chi connectivity index (χ1) is 45.2. The van der Waals surface area contributed by atoms with E-state index in [1.165, 1.54) is 0 Å². The van der Waals surface area contributed by atoms with Crippen molar-refractivity contribution in [2.24, 2.45) is 0 Å². The monoisotopic (exact) mass is 1290 g/mol. The second kappa shape index (κ2) is 38.9. The number of aromatic nitrogens is 3. The molecule has 0 unspecified atom stereocenters. The predicted molar refractivity (Wildman–Crippen MR) is 350 cm³/mol. The van der Waals surface area contributed by atoms with Crippen LogP contribution in [0.4, 0.5) is 14.4 Å². The Morgan fingerprint density at radius 2 is 0.505 bits per heavy atom. The number of amides is 9. The summed E-state index contributed by atoms with van der Waals surface area (Å²) in [7, 11) is 0. The molecule has 27 heteroatoms. The van der Waals surface area contributed by atoms with E-state index in [-0.39, 0.29) is 37.7 Å². The lowest BCUT2D eigenvalue weighted by Crippen LogP contribution is -2.54. The Hall–Kier alpha value is -8.82. The van der Waals surface area contributed by atoms with Crippen molar-refractivity contribution < 1.29 is 43.2 Å². The average molecular weight is 1290 g/mol. The Bertz CT molecular complexity index is 2890. The summed E-state index contributed by atoms with van der Waals surface area (Å²) >= 11 is 0. The SMILES string of the molecule is O=C(NCCN1CCN(C(=O)NCCCCCCn2c(=O)n(CCCCCCNC(=O)N3CCN(CCNC(=O)C(=O)c4ccccc4)CC3)c(=O)n(CCCCCCNC(=O)N3CCN(CCNC(=O)C(=O)c4ccccc4)CC3)c2=O)CC1)C(=O)c1ccccc1. The molecule has 0 atom stereocenters. The van der Waals surface area contributed by atoms with Gasteiger partial charge in [0.15, 0.2) is 0 Å². The van der Waals surface area contributed by atoms with Crippen LogP contribution in [0.1, 0.15) is 108 Å². The molecular weight excluding hydrogens is 1190 g/mol. The van der Waals surface area contributed by atoms with Crippen molar-refractivity contribution in [3.8, 4) is 0 Å². The minimum Gasteiger partial charge on any atom is -0.348 e. The standard InChI is InChI=1S/C66H93N15O12/c82-55(52-22-10-7-11-23-52)58(85)67-31-37-73-40-46-76(47-41-73)61(88)70-28-16-1-4-19-34-79-64(91)80(35-20-5-2-17-29-71-62(89)77-48-42-74(43-49-77)38-32-68-59(86)56(83)53-24-12-8-13-25-53)66(93)81(65(79)92)36-21-6-3-18-30-72-63(90)78-50-44-75(45-51-78)39-33-69-60(87)57(84)54-26-14-9-15-27-54/h7-15,22-27H,1-6,16-21,28-51H2,(H,67,85)(H,68,86)(H,69,87)(H,70,88)(H,71,89)(H,72,90). The molecule has 1 aromatic heterocycles. The van der Waals surface area contributed by atoms with E-state index in [1.807, 2.05) is 0 Å². The van der Waals surface area contributed by atoms with Crippen molar-refractivity contribution in [2.75, 3.05) is 137 Å². The Kier molecular flexibility index (Phi) is 30.0. The van der Waals surface area contributed by atoms with Gasteiger partial charge in [0, 0.05) is 174 Å². The quantitative estimate of drug-likeness (QED) is 0.0215. The van der Waals surface area contributed by atoms with Crippen LogP contribution in [-0.4, -0.2) is 234 Å². The first-order valence-electron chi connectivity index (χ1n) is 33.0. The number of hydrogen-bond acceptors (Lipinski definition) is 15. The van der Waals surface area contributed by atoms with E-state index in [4.69, 9.17) is 0 Å². The van der Waals surface area contributed by atoms with E-state index in [2.05, 4.69) is 46.6 Å². The molecule has 7 rings (SSSR count). The van der Waals surface area contributed by atoms with Crippen LogP contribution in [0.25, 0.3) is 0 Å². The molecule has 0 aliphatic carbocycles. The number of benzene rings is 3. The molecule has 6 N–H and O–H groups in total. The maximum atomic E-state index is 13.9. The topological polar surface area (TPSA) is 311 Å². The molecule has 0 radical (unpaired) electrons. The van der Waals surface area contributed by atoms with Gasteiger partial charge in [0.1, 0.15) is 0 Å². The number of rotatable bonds is 36. The van der Waals surface area contributed by atoms with Crippen LogP contribution in [0.5, 0.6) is 0 Å². The van der Waals surface area contributed by atoms with Gasteiger partial charge in [-0.05, 0) is 38.5 Å². The highest BCUT2D eigenvalue weighted by molar-refractivity contribution is 6.43. The van der Waals surface area contributed by atoms with Crippen LogP contribution < -0.4 is 49.0 Å². The van der Waals surface area contributed by atoms with Crippen molar-refractivity contribution in [1.82, 2.24) is 75.0 Å². The summed E-state index contributed by atoms with van der Waals surface area (Å²) in [5, 5.41) is 17.0. The smallest absolute Gasteiger partial charge is 0.336 e. The van der Waals surface area contributed by atoms with Crippen molar-refractivity contribution in [3.05, 3.63) is 139 Å². The largest absolute Gasteiger partial charge is 0.348 e. The number of urea groups is 3. The van der Waals surface area contributed by atoms with Gasteiger partial charge in [-0.25, -0.2) is 42.5 Å². The molecule has 3 fully saturated rings. The van der Waals surface area contributed by atoms with E-state index in [1.54, 1.807) is 106 Å². The third-order valence-corrected chi connectivity index (χ3v) is 17.0. The molecule has 9 amide bonds. The van der Waals surface area contributed by atoms with Gasteiger partial charge >= 0.3 is 35.2 Å². The zero-order valence-corrected chi connectivity index (χ0v) is 53.5. The summed E-state index contributed by atoms with van der Waals surface area (Å²) in [4.78, 5) is 167. The maximum Gasteiger partial charge on any atom is 0.336 e. The third kappa shape index (κ3) is 23.4. The molecule has 3 saturated heterocycles. The Morgan fingerprint density at radius 1 is 0.269 bits per heavy atom. The highest BCUT2D eigenvalue weighted by Gasteiger charge is 2.26. The van der Waals surface area contributed by atoms with Crippen molar-refractivity contribution in [2.45, 2.75) is 96.7 Å². The molecule has 3 aliphatic heterocycles. The fourth-order valence-electron chi connectivity index (χ4n) is 11.3. The van der Waals surface area contributed by atoms with Crippen LogP contribution in [0.2, 0.25) is 0 Å². The Labute approximate surface area is 542 Å².